The molecule has 0 radical (unpaired) electrons. The summed E-state index contributed by atoms with van der Waals surface area (Å²) in [5, 5.41) is 4.23. The highest BCUT2D eigenvalue weighted by Crippen LogP contribution is 2.28. The molecule has 1 saturated carbocycles. The van der Waals surface area contributed by atoms with E-state index in [1.54, 1.807) is 17.4 Å². The Hall–Kier alpha value is -2.06. The number of nitrogens with one attached hydrogen (secondary N) is 1. The van der Waals surface area contributed by atoms with Crippen LogP contribution in [-0.2, 0) is 24.1 Å². The summed E-state index contributed by atoms with van der Waals surface area (Å²) in [6, 6.07) is 4.11. The van der Waals surface area contributed by atoms with E-state index in [2.05, 4.69) is 20.2 Å². The molecule has 1 aliphatic carbocycles. The van der Waals surface area contributed by atoms with Crippen LogP contribution in [0.5, 0.6) is 5.88 Å². The van der Waals surface area contributed by atoms with Gasteiger partial charge in [-0.15, -0.1) is 11.3 Å². The van der Waals surface area contributed by atoms with Crippen molar-refractivity contribution < 1.29 is 13.9 Å². The second-order valence-electron chi connectivity index (χ2n) is 8.95. The normalized spacial score (nSPS) is 21.6. The number of thiazole rings is 1. The number of amides is 1. The average molecular weight is 461 g/mol. The highest BCUT2D eigenvalue weighted by atomic mass is 32.1. The lowest BCUT2D eigenvalue weighted by Gasteiger charge is -2.30. The molecule has 2 aromatic rings. The predicted molar refractivity (Wildman–Crippen MR) is 124 cm³/mol. The van der Waals surface area contributed by atoms with Gasteiger partial charge in [-0.1, -0.05) is 6.07 Å². The maximum atomic E-state index is 12.4. The van der Waals surface area contributed by atoms with E-state index in [-0.39, 0.29) is 5.91 Å². The fourth-order valence-electron chi connectivity index (χ4n) is 4.85. The Morgan fingerprint density at radius 1 is 1.25 bits per heavy atom. The molecule has 6 nitrogen and oxygen atoms in total. The maximum Gasteiger partial charge on any atom is 0.230 e. The van der Waals surface area contributed by atoms with Gasteiger partial charge in [0.1, 0.15) is 0 Å². The summed E-state index contributed by atoms with van der Waals surface area (Å²) in [6.07, 6.45) is 9.85. The monoisotopic (exact) mass is 460 g/mol. The summed E-state index contributed by atoms with van der Waals surface area (Å²) in [4.78, 5) is 24.6. The number of halogens is 1. The van der Waals surface area contributed by atoms with Crippen molar-refractivity contribution in [3.63, 3.8) is 0 Å². The highest BCUT2D eigenvalue weighted by Gasteiger charge is 2.24. The van der Waals surface area contributed by atoms with Crippen molar-refractivity contribution in [1.82, 2.24) is 20.2 Å². The van der Waals surface area contributed by atoms with E-state index in [4.69, 9.17) is 4.74 Å². The molecule has 0 saturated heterocycles. The number of carbonyl (C=O) groups excluding carboxylic acids is 1. The van der Waals surface area contributed by atoms with Crippen molar-refractivity contribution in [3.8, 4) is 5.88 Å². The van der Waals surface area contributed by atoms with Crippen molar-refractivity contribution in [2.24, 2.45) is 5.92 Å². The quantitative estimate of drug-likeness (QED) is 0.648. The predicted octanol–water partition coefficient (Wildman–Crippen LogP) is 3.86. The lowest BCUT2D eigenvalue weighted by molar-refractivity contribution is -0.121. The first kappa shape index (κ1) is 23.1. The van der Waals surface area contributed by atoms with Crippen LogP contribution in [0.4, 0.5) is 4.39 Å². The van der Waals surface area contributed by atoms with Gasteiger partial charge in [0.15, 0.2) is 0 Å². The van der Waals surface area contributed by atoms with Gasteiger partial charge in [-0.05, 0) is 63.5 Å². The molecule has 174 valence electrons. The molecule has 2 aliphatic rings. The first-order valence-corrected chi connectivity index (χ1v) is 12.5. The highest BCUT2D eigenvalue weighted by molar-refractivity contribution is 7.11. The van der Waals surface area contributed by atoms with Crippen LogP contribution in [0.25, 0.3) is 0 Å². The number of alkyl halides is 1. The Kier molecular flexibility index (Phi) is 8.08. The third-order valence-electron chi connectivity index (χ3n) is 6.68. The molecule has 2 aromatic heterocycles. The largest absolute Gasteiger partial charge is 0.446 e. The topological polar surface area (TPSA) is 67.4 Å². The minimum atomic E-state index is -0.838. The van der Waals surface area contributed by atoms with Gasteiger partial charge >= 0.3 is 0 Å². The molecule has 0 bridgehead atoms. The number of nitrogens with zero attached hydrogens (tertiary/aromatic N) is 3. The minimum absolute atomic E-state index is 0.120. The number of aryl methyl sites for hydroxylation is 1. The van der Waals surface area contributed by atoms with Crippen LogP contribution in [0.15, 0.2) is 18.3 Å². The van der Waals surface area contributed by atoms with Gasteiger partial charge in [0.05, 0.1) is 11.4 Å². The van der Waals surface area contributed by atoms with Crippen LogP contribution in [0.3, 0.4) is 0 Å². The maximum absolute atomic E-state index is 12.4. The van der Waals surface area contributed by atoms with Crippen LogP contribution in [0, 0.1) is 12.8 Å². The smallest absolute Gasteiger partial charge is 0.230 e. The van der Waals surface area contributed by atoms with Gasteiger partial charge in [0.25, 0.3) is 0 Å². The van der Waals surface area contributed by atoms with Crippen molar-refractivity contribution in [2.75, 3.05) is 26.5 Å². The van der Waals surface area contributed by atoms with Crippen LogP contribution in [0.2, 0.25) is 0 Å². The summed E-state index contributed by atoms with van der Waals surface area (Å²) < 4.78 is 17.3. The summed E-state index contributed by atoms with van der Waals surface area (Å²) in [5.41, 5.74) is 2.30. The molecule has 1 aliphatic heterocycles. The van der Waals surface area contributed by atoms with Crippen molar-refractivity contribution in [3.05, 3.63) is 39.5 Å². The molecule has 1 amide bonds. The number of fused-ring (bicyclic) bond motifs is 1. The number of ether oxygens (including phenoxy) is 1. The van der Waals surface area contributed by atoms with E-state index in [1.807, 2.05) is 19.2 Å². The van der Waals surface area contributed by atoms with Gasteiger partial charge in [-0.3, -0.25) is 4.79 Å². The Balaban J connectivity index is 1.15. The van der Waals surface area contributed by atoms with E-state index >= 15 is 0 Å². The number of hydrogen-bond donors (Lipinski definition) is 1. The Morgan fingerprint density at radius 2 is 2.06 bits per heavy atom. The standard InChI is InChI=1S/C24H33FN4O2S/c1-17-26-15-21(32-17)14-23(30)27-20-5-2-18(3-6-20)8-11-29-12-9-19-4-7-24(31-16-25)28-22(19)10-13-29/h4,7,15,18,20H,2-3,5-6,8-14,16H2,1H3,(H,27,30)/t18-,20-. The van der Waals surface area contributed by atoms with E-state index in [0.29, 0.717) is 18.3 Å². The molecule has 0 atom stereocenters. The third-order valence-corrected chi connectivity index (χ3v) is 7.59. The SMILES string of the molecule is Cc1ncc(CC(=O)N[C@H]2CC[C@H](CCN3CCc4ccc(OCF)nc4CC3)CC2)s1. The van der Waals surface area contributed by atoms with Gasteiger partial charge in [-0.25, -0.2) is 14.4 Å². The molecule has 32 heavy (non-hydrogen) atoms. The summed E-state index contributed by atoms with van der Waals surface area (Å²) in [7, 11) is 0. The zero-order valence-electron chi connectivity index (χ0n) is 18.8. The molecule has 1 N–H and O–H groups in total. The molecule has 3 heterocycles. The van der Waals surface area contributed by atoms with Crippen molar-refractivity contribution >= 4 is 17.2 Å². The number of hydrogen-bond acceptors (Lipinski definition) is 6. The lowest BCUT2D eigenvalue weighted by Crippen LogP contribution is -2.38. The molecular formula is C24H33FN4O2S. The molecular weight excluding hydrogens is 427 g/mol. The van der Waals surface area contributed by atoms with E-state index in [1.165, 1.54) is 24.8 Å². The average Bonchev–Trinajstić information content (AvgIpc) is 3.08. The fraction of sp³-hybridized carbons (Fsp3) is 0.625. The minimum Gasteiger partial charge on any atom is -0.446 e. The van der Waals surface area contributed by atoms with Gasteiger partial charge in [-0.2, -0.15) is 0 Å². The van der Waals surface area contributed by atoms with E-state index < -0.39 is 6.86 Å². The van der Waals surface area contributed by atoms with E-state index in [9.17, 15) is 9.18 Å². The summed E-state index contributed by atoms with van der Waals surface area (Å²) in [6.45, 7) is 4.26. The Labute approximate surface area is 193 Å². The molecule has 1 fully saturated rings. The molecule has 8 heteroatoms. The molecule has 0 unspecified atom stereocenters. The Morgan fingerprint density at radius 3 is 2.81 bits per heavy atom. The second-order valence-corrected chi connectivity index (χ2v) is 10.3. The van der Waals surface area contributed by atoms with Crippen LogP contribution < -0.4 is 10.1 Å². The lowest BCUT2D eigenvalue weighted by atomic mass is 9.84. The van der Waals surface area contributed by atoms with Gasteiger partial charge in [0.2, 0.25) is 18.6 Å². The van der Waals surface area contributed by atoms with Crippen LogP contribution in [-0.4, -0.2) is 53.3 Å². The van der Waals surface area contributed by atoms with Gasteiger partial charge < -0.3 is 15.0 Å². The molecule has 0 aromatic carbocycles. The number of pyridine rings is 1. The zero-order valence-corrected chi connectivity index (χ0v) is 19.6. The van der Waals surface area contributed by atoms with Crippen LogP contribution in [0.1, 0.15) is 53.2 Å². The molecule has 0 spiro atoms. The number of rotatable bonds is 8. The third kappa shape index (κ3) is 6.48. The number of carbonyl (C=O) groups is 1. The van der Waals surface area contributed by atoms with E-state index in [0.717, 1.165) is 66.8 Å². The van der Waals surface area contributed by atoms with Crippen molar-refractivity contribution in [2.45, 2.75) is 64.3 Å². The molecule has 4 rings (SSSR count). The van der Waals surface area contributed by atoms with Crippen LogP contribution >= 0.6 is 11.3 Å². The summed E-state index contributed by atoms with van der Waals surface area (Å²) in [5.74, 6) is 1.24. The van der Waals surface area contributed by atoms with Gasteiger partial charge in [0, 0.05) is 48.4 Å². The summed E-state index contributed by atoms with van der Waals surface area (Å²) >= 11 is 1.60. The Bertz CT molecular complexity index is 898. The number of aromatic nitrogens is 2. The fourth-order valence-corrected chi connectivity index (χ4v) is 5.65. The first-order chi connectivity index (χ1) is 15.6. The van der Waals surface area contributed by atoms with Crippen molar-refractivity contribution in [1.29, 1.82) is 0 Å². The second kappa shape index (κ2) is 11.2. The first-order valence-electron chi connectivity index (χ1n) is 11.7. The zero-order chi connectivity index (χ0) is 22.3.